The molecule has 1 N–H and O–H groups in total. The Morgan fingerprint density at radius 3 is 2.64 bits per heavy atom. The molecule has 0 unspecified atom stereocenters. The second-order valence-electron chi connectivity index (χ2n) is 4.01. The van der Waals surface area contributed by atoms with Crippen LogP contribution in [0.5, 0.6) is 0 Å². The Bertz CT molecular complexity index is 348. The summed E-state index contributed by atoms with van der Waals surface area (Å²) in [5, 5.41) is 11.9. The van der Waals surface area contributed by atoms with E-state index in [9.17, 15) is 9.90 Å². The van der Waals surface area contributed by atoms with Gasteiger partial charge in [0.15, 0.2) is 5.78 Å². The van der Waals surface area contributed by atoms with Crippen LogP contribution in [-0.4, -0.2) is 16.5 Å². The van der Waals surface area contributed by atoms with Gasteiger partial charge >= 0.3 is 0 Å². The smallest absolute Gasteiger partial charge is 0.195 e. The summed E-state index contributed by atoms with van der Waals surface area (Å²) in [6.07, 6.45) is 3.18. The van der Waals surface area contributed by atoms with Crippen LogP contribution in [0.2, 0.25) is 0 Å². The number of hydrogen-bond donors (Lipinski definition) is 1. The fourth-order valence-electron chi connectivity index (χ4n) is 2.02. The highest BCUT2D eigenvalue weighted by Crippen LogP contribution is 2.33. The molecule has 0 radical (unpaired) electrons. The van der Waals surface area contributed by atoms with Crippen molar-refractivity contribution in [2.45, 2.75) is 38.2 Å². The summed E-state index contributed by atoms with van der Waals surface area (Å²) in [4.78, 5) is 13.1. The monoisotopic (exact) mass is 210 g/mol. The fourth-order valence-corrected chi connectivity index (χ4v) is 2.70. The SMILES string of the molecule is Cc1cc(C(=O)C2(O)CCCC2)cs1. The maximum absolute atomic E-state index is 11.9. The number of rotatable bonds is 2. The molecule has 1 heterocycles. The Morgan fingerprint density at radius 1 is 1.50 bits per heavy atom. The molecule has 14 heavy (non-hydrogen) atoms. The zero-order chi connectivity index (χ0) is 10.2. The molecule has 1 saturated carbocycles. The first-order valence-corrected chi connectivity index (χ1v) is 5.82. The predicted octanol–water partition coefficient (Wildman–Crippen LogP) is 2.54. The standard InChI is InChI=1S/C11H14O2S/c1-8-6-9(7-14-8)10(12)11(13)4-2-3-5-11/h6-7,13H,2-5H2,1H3. The Hall–Kier alpha value is -0.670. The van der Waals surface area contributed by atoms with Crippen molar-refractivity contribution in [3.8, 4) is 0 Å². The number of hydrogen-bond acceptors (Lipinski definition) is 3. The minimum absolute atomic E-state index is 0.0839. The summed E-state index contributed by atoms with van der Waals surface area (Å²) in [6, 6.07) is 1.86. The molecule has 0 saturated heterocycles. The lowest BCUT2D eigenvalue weighted by molar-refractivity contribution is 0.0353. The van der Waals surface area contributed by atoms with Crippen LogP contribution in [0.3, 0.4) is 0 Å². The number of carbonyl (C=O) groups is 1. The zero-order valence-corrected chi connectivity index (χ0v) is 9.06. The average molecular weight is 210 g/mol. The van der Waals surface area contributed by atoms with E-state index in [1.165, 1.54) is 0 Å². The second kappa shape index (κ2) is 3.48. The highest BCUT2D eigenvalue weighted by atomic mass is 32.1. The molecular weight excluding hydrogens is 196 g/mol. The van der Waals surface area contributed by atoms with Gasteiger partial charge in [0.05, 0.1) is 0 Å². The number of thiophene rings is 1. The normalized spacial score (nSPS) is 19.9. The van der Waals surface area contributed by atoms with Crippen LogP contribution in [0.4, 0.5) is 0 Å². The van der Waals surface area contributed by atoms with Crippen molar-refractivity contribution in [1.82, 2.24) is 0 Å². The van der Waals surface area contributed by atoms with E-state index in [0.29, 0.717) is 18.4 Å². The van der Waals surface area contributed by atoms with E-state index in [-0.39, 0.29) is 5.78 Å². The Morgan fingerprint density at radius 2 is 2.14 bits per heavy atom. The lowest BCUT2D eigenvalue weighted by Crippen LogP contribution is -2.34. The molecule has 0 aromatic carbocycles. The summed E-state index contributed by atoms with van der Waals surface area (Å²) in [5.41, 5.74) is -0.384. The number of carbonyl (C=O) groups excluding carboxylic acids is 1. The first kappa shape index (κ1) is 9.87. The third-order valence-electron chi connectivity index (χ3n) is 2.85. The molecule has 2 rings (SSSR count). The Kier molecular flexibility index (Phi) is 2.45. The average Bonchev–Trinajstić information content (AvgIpc) is 2.74. The molecule has 3 heteroatoms. The molecule has 1 aromatic rings. The maximum atomic E-state index is 11.9. The van der Waals surface area contributed by atoms with Crippen molar-refractivity contribution in [3.63, 3.8) is 0 Å². The molecule has 1 aliphatic rings. The summed E-state index contributed by atoms with van der Waals surface area (Å²) in [6.45, 7) is 1.97. The van der Waals surface area contributed by atoms with E-state index in [2.05, 4.69) is 0 Å². The van der Waals surface area contributed by atoms with E-state index < -0.39 is 5.60 Å². The molecule has 0 spiro atoms. The van der Waals surface area contributed by atoms with Crippen molar-refractivity contribution in [1.29, 1.82) is 0 Å². The van der Waals surface area contributed by atoms with Crippen molar-refractivity contribution < 1.29 is 9.90 Å². The number of ketones is 1. The van der Waals surface area contributed by atoms with Crippen LogP contribution in [0.15, 0.2) is 11.4 Å². The predicted molar refractivity (Wildman–Crippen MR) is 56.8 cm³/mol. The van der Waals surface area contributed by atoms with Gasteiger partial charge in [0.1, 0.15) is 5.60 Å². The van der Waals surface area contributed by atoms with Crippen molar-refractivity contribution >= 4 is 17.1 Å². The van der Waals surface area contributed by atoms with Crippen molar-refractivity contribution in [2.24, 2.45) is 0 Å². The maximum Gasteiger partial charge on any atom is 0.195 e. The van der Waals surface area contributed by atoms with Gasteiger partial charge in [0, 0.05) is 15.8 Å². The largest absolute Gasteiger partial charge is 0.382 e. The van der Waals surface area contributed by atoms with Gasteiger partial charge < -0.3 is 5.11 Å². The van der Waals surface area contributed by atoms with Crippen LogP contribution < -0.4 is 0 Å². The quantitative estimate of drug-likeness (QED) is 0.762. The summed E-state index contributed by atoms with van der Waals surface area (Å²) < 4.78 is 0. The molecule has 76 valence electrons. The van der Waals surface area contributed by atoms with Crippen molar-refractivity contribution in [3.05, 3.63) is 21.9 Å². The topological polar surface area (TPSA) is 37.3 Å². The molecule has 1 fully saturated rings. The van der Waals surface area contributed by atoms with Crippen LogP contribution >= 0.6 is 11.3 Å². The van der Waals surface area contributed by atoms with Gasteiger partial charge in [-0.25, -0.2) is 0 Å². The van der Waals surface area contributed by atoms with Gasteiger partial charge in [-0.3, -0.25) is 4.79 Å². The first-order chi connectivity index (χ1) is 6.62. The number of Topliss-reactive ketones (excluding diaryl/α,β-unsaturated/α-hetero) is 1. The third-order valence-corrected chi connectivity index (χ3v) is 3.71. The minimum atomic E-state index is -1.06. The van der Waals surface area contributed by atoms with Crippen molar-refractivity contribution in [2.75, 3.05) is 0 Å². The van der Waals surface area contributed by atoms with Crippen LogP contribution in [0.1, 0.15) is 40.9 Å². The summed E-state index contributed by atoms with van der Waals surface area (Å²) in [5.74, 6) is -0.0839. The Balaban J connectivity index is 2.23. The molecule has 0 aliphatic heterocycles. The molecule has 0 atom stereocenters. The van der Waals surface area contributed by atoms with E-state index in [4.69, 9.17) is 0 Å². The lowest BCUT2D eigenvalue weighted by Gasteiger charge is -2.19. The van der Waals surface area contributed by atoms with Crippen LogP contribution in [-0.2, 0) is 0 Å². The van der Waals surface area contributed by atoms with Gasteiger partial charge in [-0.15, -0.1) is 11.3 Å². The number of aliphatic hydroxyl groups is 1. The summed E-state index contributed by atoms with van der Waals surface area (Å²) in [7, 11) is 0. The fraction of sp³-hybridized carbons (Fsp3) is 0.545. The van der Waals surface area contributed by atoms with E-state index in [1.807, 2.05) is 18.4 Å². The van der Waals surface area contributed by atoms with Gasteiger partial charge in [-0.1, -0.05) is 0 Å². The van der Waals surface area contributed by atoms with Gasteiger partial charge in [0.25, 0.3) is 0 Å². The van der Waals surface area contributed by atoms with E-state index >= 15 is 0 Å². The molecule has 0 bridgehead atoms. The molecule has 2 nitrogen and oxygen atoms in total. The highest BCUT2D eigenvalue weighted by molar-refractivity contribution is 7.10. The van der Waals surface area contributed by atoms with Gasteiger partial charge in [-0.05, 0) is 38.7 Å². The van der Waals surface area contributed by atoms with Gasteiger partial charge in [0.2, 0.25) is 0 Å². The minimum Gasteiger partial charge on any atom is -0.382 e. The Labute approximate surface area is 87.6 Å². The third kappa shape index (κ3) is 1.62. The molecular formula is C11H14O2S. The lowest BCUT2D eigenvalue weighted by atomic mass is 9.93. The zero-order valence-electron chi connectivity index (χ0n) is 8.25. The van der Waals surface area contributed by atoms with E-state index in [1.54, 1.807) is 11.3 Å². The first-order valence-electron chi connectivity index (χ1n) is 4.94. The molecule has 1 aliphatic carbocycles. The van der Waals surface area contributed by atoms with Gasteiger partial charge in [-0.2, -0.15) is 0 Å². The summed E-state index contributed by atoms with van der Waals surface area (Å²) >= 11 is 1.56. The molecule has 1 aromatic heterocycles. The van der Waals surface area contributed by atoms with Crippen LogP contribution in [0.25, 0.3) is 0 Å². The molecule has 0 amide bonds. The second-order valence-corrected chi connectivity index (χ2v) is 5.13. The van der Waals surface area contributed by atoms with Crippen LogP contribution in [0, 0.1) is 6.92 Å². The highest BCUT2D eigenvalue weighted by Gasteiger charge is 2.39. The van der Waals surface area contributed by atoms with E-state index in [0.717, 1.165) is 17.7 Å². The number of aryl methyl sites for hydroxylation is 1.